The van der Waals surface area contributed by atoms with Crippen molar-refractivity contribution in [1.29, 1.82) is 0 Å². The molecule has 2 heterocycles. The SMILES string of the molecule is Cc1ncsc1CCN(CC1CCCN1)C1CC1. The molecule has 1 N–H and O–H groups in total. The first kappa shape index (κ1) is 12.6. The van der Waals surface area contributed by atoms with E-state index in [1.165, 1.54) is 62.3 Å². The molecule has 1 unspecified atom stereocenters. The molecule has 1 aliphatic heterocycles. The van der Waals surface area contributed by atoms with Crippen molar-refractivity contribution < 1.29 is 0 Å². The number of hydrogen-bond acceptors (Lipinski definition) is 4. The summed E-state index contributed by atoms with van der Waals surface area (Å²) < 4.78 is 0. The van der Waals surface area contributed by atoms with E-state index in [0.717, 1.165) is 12.1 Å². The Balaban J connectivity index is 1.52. The molecule has 1 aromatic rings. The third-order valence-electron chi connectivity index (χ3n) is 4.15. The van der Waals surface area contributed by atoms with Crippen LogP contribution >= 0.6 is 11.3 Å². The van der Waals surface area contributed by atoms with E-state index in [1.807, 2.05) is 16.8 Å². The predicted octanol–water partition coefficient (Wildman–Crippen LogP) is 2.21. The Morgan fingerprint density at radius 3 is 2.94 bits per heavy atom. The highest BCUT2D eigenvalue weighted by Gasteiger charge is 2.30. The fourth-order valence-corrected chi connectivity index (χ4v) is 3.64. The van der Waals surface area contributed by atoms with Gasteiger partial charge in [0.15, 0.2) is 0 Å². The summed E-state index contributed by atoms with van der Waals surface area (Å²) >= 11 is 1.81. The largest absolute Gasteiger partial charge is 0.313 e. The second-order valence-electron chi connectivity index (χ2n) is 5.63. The topological polar surface area (TPSA) is 28.2 Å². The lowest BCUT2D eigenvalue weighted by Crippen LogP contribution is -2.39. The molecule has 1 saturated carbocycles. The van der Waals surface area contributed by atoms with Gasteiger partial charge in [-0.25, -0.2) is 4.98 Å². The van der Waals surface area contributed by atoms with Crippen molar-refractivity contribution >= 4 is 11.3 Å². The summed E-state index contributed by atoms with van der Waals surface area (Å²) in [5.74, 6) is 0. The van der Waals surface area contributed by atoms with Crippen LogP contribution in [0.2, 0.25) is 0 Å². The lowest BCUT2D eigenvalue weighted by molar-refractivity contribution is 0.242. The van der Waals surface area contributed by atoms with Crippen LogP contribution in [0.5, 0.6) is 0 Å². The van der Waals surface area contributed by atoms with E-state index >= 15 is 0 Å². The maximum atomic E-state index is 4.35. The number of aromatic nitrogens is 1. The molecule has 1 aromatic heterocycles. The highest BCUT2D eigenvalue weighted by atomic mass is 32.1. The molecule has 4 heteroatoms. The zero-order valence-corrected chi connectivity index (χ0v) is 12.0. The van der Waals surface area contributed by atoms with E-state index in [-0.39, 0.29) is 0 Å². The van der Waals surface area contributed by atoms with Gasteiger partial charge in [-0.1, -0.05) is 0 Å². The van der Waals surface area contributed by atoms with Crippen LogP contribution in [0.25, 0.3) is 0 Å². The van der Waals surface area contributed by atoms with Gasteiger partial charge in [0.25, 0.3) is 0 Å². The standard InChI is InChI=1S/C14H23N3S/c1-11-14(18-10-16-11)6-8-17(13-4-5-13)9-12-3-2-7-15-12/h10,12-13,15H,2-9H2,1H3. The second-order valence-corrected chi connectivity index (χ2v) is 6.57. The average molecular weight is 265 g/mol. The molecule has 0 radical (unpaired) electrons. The predicted molar refractivity (Wildman–Crippen MR) is 76.2 cm³/mol. The monoisotopic (exact) mass is 265 g/mol. The molecule has 0 amide bonds. The summed E-state index contributed by atoms with van der Waals surface area (Å²) in [6.07, 6.45) is 6.72. The van der Waals surface area contributed by atoms with Crippen LogP contribution in [0.4, 0.5) is 0 Å². The number of nitrogens with one attached hydrogen (secondary N) is 1. The van der Waals surface area contributed by atoms with E-state index in [0.29, 0.717) is 0 Å². The van der Waals surface area contributed by atoms with Gasteiger partial charge in [0.05, 0.1) is 11.2 Å². The number of rotatable bonds is 6. The van der Waals surface area contributed by atoms with Crippen LogP contribution < -0.4 is 5.32 Å². The summed E-state index contributed by atoms with van der Waals surface area (Å²) in [4.78, 5) is 8.53. The molecule has 100 valence electrons. The van der Waals surface area contributed by atoms with Gasteiger partial charge in [-0.2, -0.15) is 0 Å². The van der Waals surface area contributed by atoms with Crippen LogP contribution in [0.1, 0.15) is 36.3 Å². The van der Waals surface area contributed by atoms with Crippen LogP contribution in [0, 0.1) is 6.92 Å². The van der Waals surface area contributed by atoms with Gasteiger partial charge in [-0.3, -0.25) is 4.90 Å². The van der Waals surface area contributed by atoms with Crippen LogP contribution in [-0.4, -0.2) is 41.6 Å². The Morgan fingerprint density at radius 2 is 2.33 bits per heavy atom. The Bertz CT molecular complexity index is 380. The molecule has 0 aromatic carbocycles. The first-order chi connectivity index (χ1) is 8.83. The zero-order valence-electron chi connectivity index (χ0n) is 11.2. The van der Waals surface area contributed by atoms with Gasteiger partial charge in [0.1, 0.15) is 0 Å². The summed E-state index contributed by atoms with van der Waals surface area (Å²) in [6.45, 7) is 5.82. The van der Waals surface area contributed by atoms with E-state index < -0.39 is 0 Å². The maximum Gasteiger partial charge on any atom is 0.0797 e. The minimum atomic E-state index is 0.744. The van der Waals surface area contributed by atoms with Crippen molar-refractivity contribution in [2.75, 3.05) is 19.6 Å². The lowest BCUT2D eigenvalue weighted by atomic mass is 10.2. The smallest absolute Gasteiger partial charge is 0.0797 e. The van der Waals surface area contributed by atoms with Gasteiger partial charge in [-0.15, -0.1) is 11.3 Å². The average Bonchev–Trinajstić information content (AvgIpc) is 2.93. The van der Waals surface area contributed by atoms with Crippen molar-refractivity contribution in [3.05, 3.63) is 16.1 Å². The Morgan fingerprint density at radius 1 is 1.44 bits per heavy atom. The molecule has 1 atom stereocenters. The molecule has 2 fully saturated rings. The quantitative estimate of drug-likeness (QED) is 0.855. The molecule has 3 rings (SSSR count). The fourth-order valence-electron chi connectivity index (χ4n) is 2.87. The van der Waals surface area contributed by atoms with Gasteiger partial charge in [0.2, 0.25) is 0 Å². The van der Waals surface area contributed by atoms with Crippen molar-refractivity contribution in [3.63, 3.8) is 0 Å². The first-order valence-corrected chi connectivity index (χ1v) is 8.07. The first-order valence-electron chi connectivity index (χ1n) is 7.19. The fraction of sp³-hybridized carbons (Fsp3) is 0.786. The Kier molecular flexibility index (Phi) is 3.97. The molecule has 2 aliphatic rings. The van der Waals surface area contributed by atoms with Crippen LogP contribution in [-0.2, 0) is 6.42 Å². The third-order valence-corrected chi connectivity index (χ3v) is 5.15. The number of thiazole rings is 1. The number of hydrogen-bond donors (Lipinski definition) is 1. The second kappa shape index (κ2) is 5.68. The molecule has 3 nitrogen and oxygen atoms in total. The molecule has 0 spiro atoms. The summed E-state index contributed by atoms with van der Waals surface area (Å²) in [5, 5.41) is 3.62. The van der Waals surface area contributed by atoms with E-state index in [4.69, 9.17) is 0 Å². The highest BCUT2D eigenvalue weighted by Crippen LogP contribution is 2.28. The Labute approximate surface area is 114 Å². The highest BCUT2D eigenvalue weighted by molar-refractivity contribution is 7.09. The Hall–Kier alpha value is -0.450. The van der Waals surface area contributed by atoms with Crippen LogP contribution in [0.15, 0.2) is 5.51 Å². The van der Waals surface area contributed by atoms with Crippen molar-refractivity contribution in [2.24, 2.45) is 0 Å². The van der Waals surface area contributed by atoms with E-state index in [1.54, 1.807) is 0 Å². The minimum absolute atomic E-state index is 0.744. The lowest BCUT2D eigenvalue weighted by Gasteiger charge is -2.25. The number of aryl methyl sites for hydroxylation is 1. The van der Waals surface area contributed by atoms with Crippen molar-refractivity contribution in [1.82, 2.24) is 15.2 Å². The van der Waals surface area contributed by atoms with Crippen LogP contribution in [0.3, 0.4) is 0 Å². The summed E-state index contributed by atoms with van der Waals surface area (Å²) in [7, 11) is 0. The molecule has 1 aliphatic carbocycles. The number of nitrogens with zero attached hydrogens (tertiary/aromatic N) is 2. The van der Waals surface area contributed by atoms with Gasteiger partial charge >= 0.3 is 0 Å². The third kappa shape index (κ3) is 3.11. The van der Waals surface area contributed by atoms with Gasteiger partial charge in [0, 0.05) is 30.1 Å². The maximum absolute atomic E-state index is 4.35. The molecular formula is C14H23N3S. The minimum Gasteiger partial charge on any atom is -0.313 e. The molecule has 1 saturated heterocycles. The summed E-state index contributed by atoms with van der Waals surface area (Å²) in [6, 6.07) is 1.62. The summed E-state index contributed by atoms with van der Waals surface area (Å²) in [5.41, 5.74) is 3.21. The van der Waals surface area contributed by atoms with Crippen molar-refractivity contribution in [2.45, 2.75) is 51.1 Å². The van der Waals surface area contributed by atoms with Gasteiger partial charge < -0.3 is 5.32 Å². The molecule has 0 bridgehead atoms. The van der Waals surface area contributed by atoms with Crippen molar-refractivity contribution in [3.8, 4) is 0 Å². The van der Waals surface area contributed by atoms with E-state index in [2.05, 4.69) is 22.1 Å². The molecular weight excluding hydrogens is 242 g/mol. The van der Waals surface area contributed by atoms with E-state index in [9.17, 15) is 0 Å². The normalized spacial score (nSPS) is 24.0. The molecule has 18 heavy (non-hydrogen) atoms. The van der Waals surface area contributed by atoms with Gasteiger partial charge in [-0.05, 0) is 45.6 Å². The zero-order chi connectivity index (χ0) is 12.4.